The second kappa shape index (κ2) is 5.81. The fourth-order valence-electron chi connectivity index (χ4n) is 2.97. The van der Waals surface area contributed by atoms with Gasteiger partial charge in [0.15, 0.2) is 0 Å². The molecule has 2 aromatic heterocycles. The molecule has 0 unspecified atom stereocenters. The highest BCUT2D eigenvalue weighted by Gasteiger charge is 2.24. The summed E-state index contributed by atoms with van der Waals surface area (Å²) in [5, 5.41) is 16.9. The number of carbonyl (C=O) groups is 1. The van der Waals surface area contributed by atoms with Crippen LogP contribution < -0.4 is 0 Å². The number of H-pyrrole nitrogens is 1. The Morgan fingerprint density at radius 2 is 2.08 bits per heavy atom. The molecule has 0 aliphatic carbocycles. The van der Waals surface area contributed by atoms with Crippen LogP contribution in [0.25, 0.3) is 11.3 Å². The number of rotatable bonds is 2. The van der Waals surface area contributed by atoms with Crippen molar-refractivity contribution in [3.8, 4) is 17.0 Å². The smallest absolute Gasteiger partial charge is 0.272 e. The average Bonchev–Trinajstić information content (AvgIpc) is 3.11. The van der Waals surface area contributed by atoms with Gasteiger partial charge in [0.25, 0.3) is 5.91 Å². The van der Waals surface area contributed by atoms with Gasteiger partial charge in [0.2, 0.25) is 0 Å². The summed E-state index contributed by atoms with van der Waals surface area (Å²) >= 11 is 0. The van der Waals surface area contributed by atoms with Crippen LogP contribution in [0.4, 0.5) is 0 Å². The normalized spacial score (nSPS) is 13.6. The van der Waals surface area contributed by atoms with Gasteiger partial charge in [0, 0.05) is 37.0 Å². The number of amides is 1. The van der Waals surface area contributed by atoms with Gasteiger partial charge in [-0.15, -0.1) is 0 Å². The van der Waals surface area contributed by atoms with E-state index >= 15 is 0 Å². The Kier molecular flexibility index (Phi) is 3.49. The Balaban J connectivity index is 1.57. The van der Waals surface area contributed by atoms with Crippen molar-refractivity contribution in [1.29, 1.82) is 0 Å². The van der Waals surface area contributed by atoms with E-state index in [1.165, 1.54) is 0 Å². The predicted octanol–water partition coefficient (Wildman–Crippen LogP) is 2.38. The summed E-state index contributed by atoms with van der Waals surface area (Å²) in [5.74, 6) is 0.0413. The molecule has 6 heteroatoms. The lowest BCUT2D eigenvalue weighted by atomic mass is 10.1. The summed E-state index contributed by atoms with van der Waals surface area (Å²) in [6, 6.07) is 12.5. The van der Waals surface area contributed by atoms with E-state index in [0.29, 0.717) is 30.0 Å². The molecule has 1 aliphatic heterocycles. The Hall–Kier alpha value is -3.15. The van der Waals surface area contributed by atoms with Crippen molar-refractivity contribution in [3.05, 3.63) is 65.6 Å². The van der Waals surface area contributed by atoms with Gasteiger partial charge in [-0.1, -0.05) is 18.2 Å². The second-order valence-corrected chi connectivity index (χ2v) is 5.77. The van der Waals surface area contributed by atoms with E-state index in [9.17, 15) is 9.90 Å². The van der Waals surface area contributed by atoms with Crippen molar-refractivity contribution in [2.24, 2.45) is 0 Å². The van der Waals surface area contributed by atoms with Gasteiger partial charge in [-0.3, -0.25) is 14.9 Å². The Morgan fingerprint density at radius 3 is 2.96 bits per heavy atom. The molecule has 0 bridgehead atoms. The third kappa shape index (κ3) is 2.52. The van der Waals surface area contributed by atoms with Crippen molar-refractivity contribution in [2.75, 3.05) is 6.54 Å². The fourth-order valence-corrected chi connectivity index (χ4v) is 2.97. The number of hydrogen-bond donors (Lipinski definition) is 2. The number of aromatic amines is 1. The first kappa shape index (κ1) is 14.4. The number of para-hydroxylation sites is 1. The van der Waals surface area contributed by atoms with Gasteiger partial charge in [0.05, 0.1) is 5.69 Å². The van der Waals surface area contributed by atoms with Gasteiger partial charge in [0.1, 0.15) is 11.4 Å². The predicted molar refractivity (Wildman–Crippen MR) is 88.4 cm³/mol. The highest BCUT2D eigenvalue weighted by atomic mass is 16.3. The number of phenols is 1. The highest BCUT2D eigenvalue weighted by Crippen LogP contribution is 2.28. The Bertz CT molecular complexity index is 903. The highest BCUT2D eigenvalue weighted by molar-refractivity contribution is 5.93. The van der Waals surface area contributed by atoms with E-state index < -0.39 is 0 Å². The van der Waals surface area contributed by atoms with Gasteiger partial charge in [-0.05, 0) is 29.8 Å². The molecule has 3 heterocycles. The molecular formula is C18H16N4O2. The first-order chi connectivity index (χ1) is 11.7. The zero-order valence-electron chi connectivity index (χ0n) is 12.9. The molecule has 0 spiro atoms. The summed E-state index contributed by atoms with van der Waals surface area (Å²) in [4.78, 5) is 18.8. The van der Waals surface area contributed by atoms with E-state index in [1.54, 1.807) is 35.4 Å². The van der Waals surface area contributed by atoms with Crippen molar-refractivity contribution >= 4 is 5.91 Å². The van der Waals surface area contributed by atoms with Crippen LogP contribution in [0.2, 0.25) is 0 Å². The number of phenolic OH excluding ortho intramolecular Hbond substituents is 1. The maximum atomic E-state index is 12.7. The van der Waals surface area contributed by atoms with Crippen molar-refractivity contribution < 1.29 is 9.90 Å². The van der Waals surface area contributed by atoms with E-state index in [0.717, 1.165) is 17.7 Å². The number of fused-ring (bicyclic) bond motifs is 1. The number of aromatic hydroxyl groups is 1. The zero-order chi connectivity index (χ0) is 16.5. The zero-order valence-corrected chi connectivity index (χ0v) is 12.9. The number of pyridine rings is 1. The molecule has 1 amide bonds. The summed E-state index contributed by atoms with van der Waals surface area (Å²) in [6.45, 7) is 1.18. The van der Waals surface area contributed by atoms with Crippen LogP contribution in [0.3, 0.4) is 0 Å². The SMILES string of the molecule is O=C(c1cc(-c2ccccc2O)n[nH]1)N1CCc2ncccc2C1. The van der Waals surface area contributed by atoms with Crippen molar-refractivity contribution in [3.63, 3.8) is 0 Å². The second-order valence-electron chi connectivity index (χ2n) is 5.77. The van der Waals surface area contributed by atoms with Gasteiger partial charge < -0.3 is 10.0 Å². The van der Waals surface area contributed by atoms with E-state index in [4.69, 9.17) is 0 Å². The van der Waals surface area contributed by atoms with E-state index in [1.807, 2.05) is 18.2 Å². The lowest BCUT2D eigenvalue weighted by Gasteiger charge is -2.27. The molecule has 6 nitrogen and oxygen atoms in total. The molecule has 0 fully saturated rings. The molecule has 0 saturated heterocycles. The number of benzene rings is 1. The molecule has 24 heavy (non-hydrogen) atoms. The minimum atomic E-state index is -0.0985. The minimum Gasteiger partial charge on any atom is -0.507 e. The number of aromatic nitrogens is 3. The third-order valence-electron chi connectivity index (χ3n) is 4.24. The fraction of sp³-hybridized carbons (Fsp3) is 0.167. The lowest BCUT2D eigenvalue weighted by Crippen LogP contribution is -2.36. The topological polar surface area (TPSA) is 82.1 Å². The summed E-state index contributed by atoms with van der Waals surface area (Å²) in [7, 11) is 0. The Labute approximate surface area is 138 Å². The van der Waals surface area contributed by atoms with Crippen LogP contribution in [0.1, 0.15) is 21.7 Å². The summed E-state index contributed by atoms with van der Waals surface area (Å²) in [6.07, 6.45) is 2.53. The maximum absolute atomic E-state index is 12.7. The molecule has 2 N–H and O–H groups in total. The standard InChI is InChI=1S/C18H16N4O2/c23-17-6-2-1-5-13(17)15-10-16(21-20-15)18(24)22-9-7-14-12(11-22)4-3-8-19-14/h1-6,8,10,23H,7,9,11H2,(H,20,21). The molecule has 1 aliphatic rings. The van der Waals surface area contributed by atoms with E-state index in [2.05, 4.69) is 15.2 Å². The largest absolute Gasteiger partial charge is 0.507 e. The van der Waals surface area contributed by atoms with E-state index in [-0.39, 0.29) is 11.7 Å². The van der Waals surface area contributed by atoms with Crippen LogP contribution in [0, 0.1) is 0 Å². The Morgan fingerprint density at radius 1 is 1.21 bits per heavy atom. The summed E-state index contributed by atoms with van der Waals surface area (Å²) in [5.41, 5.74) is 3.70. The minimum absolute atomic E-state index is 0.0985. The lowest BCUT2D eigenvalue weighted by molar-refractivity contribution is 0.0727. The van der Waals surface area contributed by atoms with Gasteiger partial charge in [-0.2, -0.15) is 5.10 Å². The number of carbonyl (C=O) groups excluding carboxylic acids is 1. The maximum Gasteiger partial charge on any atom is 0.272 e. The first-order valence-electron chi connectivity index (χ1n) is 7.78. The van der Waals surface area contributed by atoms with Crippen LogP contribution in [-0.2, 0) is 13.0 Å². The van der Waals surface area contributed by atoms with Crippen molar-refractivity contribution in [2.45, 2.75) is 13.0 Å². The molecule has 4 rings (SSSR count). The van der Waals surface area contributed by atoms with Gasteiger partial charge in [-0.25, -0.2) is 0 Å². The summed E-state index contributed by atoms with van der Waals surface area (Å²) < 4.78 is 0. The number of nitrogens with one attached hydrogen (secondary N) is 1. The molecule has 0 atom stereocenters. The average molecular weight is 320 g/mol. The third-order valence-corrected chi connectivity index (χ3v) is 4.24. The van der Waals surface area contributed by atoms with Crippen LogP contribution in [0.15, 0.2) is 48.7 Å². The molecule has 3 aromatic rings. The molecule has 1 aromatic carbocycles. The first-order valence-corrected chi connectivity index (χ1v) is 7.78. The number of nitrogens with zero attached hydrogens (tertiary/aromatic N) is 3. The quantitative estimate of drug-likeness (QED) is 0.759. The van der Waals surface area contributed by atoms with Crippen LogP contribution >= 0.6 is 0 Å². The molecule has 0 radical (unpaired) electrons. The number of hydrogen-bond acceptors (Lipinski definition) is 4. The molecule has 0 saturated carbocycles. The van der Waals surface area contributed by atoms with Gasteiger partial charge >= 0.3 is 0 Å². The van der Waals surface area contributed by atoms with Crippen LogP contribution in [-0.4, -0.2) is 37.6 Å². The monoisotopic (exact) mass is 320 g/mol. The molecule has 120 valence electrons. The molecular weight excluding hydrogens is 304 g/mol. The van der Waals surface area contributed by atoms with Crippen LogP contribution in [0.5, 0.6) is 5.75 Å². The van der Waals surface area contributed by atoms with Crippen molar-refractivity contribution in [1.82, 2.24) is 20.1 Å².